The quantitative estimate of drug-likeness (QED) is 0.400. The highest BCUT2D eigenvalue weighted by Gasteiger charge is 2.04. The molecule has 3 nitrogen and oxygen atoms in total. The Balaban J connectivity index is 1.45. The van der Waals surface area contributed by atoms with Crippen molar-refractivity contribution in [3.8, 4) is 16.8 Å². The first-order valence-electron chi connectivity index (χ1n) is 9.01. The summed E-state index contributed by atoms with van der Waals surface area (Å²) in [6.07, 6.45) is 0. The van der Waals surface area contributed by atoms with Gasteiger partial charge >= 0.3 is 0 Å². The highest BCUT2D eigenvalue weighted by molar-refractivity contribution is 8.00. The largest absolute Gasteiger partial charge is 0.326 e. The lowest BCUT2D eigenvalue weighted by Gasteiger charge is -2.09. The molecular weight excluding hydrogens is 369 g/mol. The van der Waals surface area contributed by atoms with Gasteiger partial charge in [-0.25, -0.2) is 9.07 Å². The zero-order chi connectivity index (χ0) is 19.5. The molecule has 1 heterocycles. The van der Waals surface area contributed by atoms with Crippen LogP contribution in [0.3, 0.4) is 0 Å². The summed E-state index contributed by atoms with van der Waals surface area (Å²) in [5, 5.41) is 4.52. The van der Waals surface area contributed by atoms with Crippen LogP contribution in [0.25, 0.3) is 16.8 Å². The van der Waals surface area contributed by atoms with E-state index in [9.17, 15) is 4.39 Å². The van der Waals surface area contributed by atoms with Gasteiger partial charge in [-0.1, -0.05) is 24.3 Å². The van der Waals surface area contributed by atoms with Gasteiger partial charge in [0, 0.05) is 16.3 Å². The molecule has 0 atom stereocenters. The fraction of sp³-hybridized carbons (Fsp3) is 0.0870. The maximum absolute atomic E-state index is 13.1. The summed E-state index contributed by atoms with van der Waals surface area (Å²) in [4.78, 5) is 1.09. The number of aryl methyl sites for hydroxylation is 2. The van der Waals surface area contributed by atoms with Crippen LogP contribution in [0.2, 0.25) is 0 Å². The van der Waals surface area contributed by atoms with E-state index in [4.69, 9.17) is 0 Å². The van der Waals surface area contributed by atoms with E-state index in [1.54, 1.807) is 24.1 Å². The molecule has 0 spiro atoms. The molecule has 4 rings (SSSR count). The molecule has 0 saturated heterocycles. The summed E-state index contributed by atoms with van der Waals surface area (Å²) in [5.74, 6) is -0.222. The molecule has 1 aromatic heterocycles. The normalized spacial score (nSPS) is 10.8. The number of anilines is 1. The second-order valence-corrected chi connectivity index (χ2v) is 7.50. The van der Waals surface area contributed by atoms with Crippen LogP contribution in [0.1, 0.15) is 11.4 Å². The number of halogens is 1. The molecule has 0 fully saturated rings. The summed E-state index contributed by atoms with van der Waals surface area (Å²) in [6.45, 7) is 4.05. The van der Waals surface area contributed by atoms with Crippen LogP contribution >= 0.6 is 11.9 Å². The predicted molar refractivity (Wildman–Crippen MR) is 114 cm³/mol. The minimum atomic E-state index is -0.222. The van der Waals surface area contributed by atoms with E-state index in [1.807, 2.05) is 35.9 Å². The fourth-order valence-corrected chi connectivity index (χ4v) is 3.76. The Morgan fingerprint density at radius 2 is 1.61 bits per heavy atom. The molecule has 3 aromatic carbocycles. The van der Waals surface area contributed by atoms with Gasteiger partial charge in [0.1, 0.15) is 5.82 Å². The molecule has 1 N–H and O–H groups in total. The van der Waals surface area contributed by atoms with Crippen molar-refractivity contribution in [2.24, 2.45) is 0 Å². The van der Waals surface area contributed by atoms with E-state index in [1.165, 1.54) is 12.1 Å². The maximum atomic E-state index is 13.1. The fourth-order valence-electron chi connectivity index (χ4n) is 3.06. The zero-order valence-electron chi connectivity index (χ0n) is 15.7. The number of hydrogen-bond donors (Lipinski definition) is 1. The van der Waals surface area contributed by atoms with Crippen molar-refractivity contribution in [3.05, 3.63) is 96.1 Å². The van der Waals surface area contributed by atoms with Gasteiger partial charge in [-0.15, -0.1) is 0 Å². The van der Waals surface area contributed by atoms with Crippen LogP contribution in [0.5, 0.6) is 0 Å². The third kappa shape index (κ3) is 4.10. The number of benzene rings is 3. The molecule has 0 saturated carbocycles. The first-order chi connectivity index (χ1) is 13.6. The monoisotopic (exact) mass is 389 g/mol. The van der Waals surface area contributed by atoms with Gasteiger partial charge in [-0.3, -0.25) is 0 Å². The van der Waals surface area contributed by atoms with Gasteiger partial charge in [0.25, 0.3) is 0 Å². The van der Waals surface area contributed by atoms with Gasteiger partial charge < -0.3 is 4.72 Å². The smallest absolute Gasteiger partial charge is 0.123 e. The van der Waals surface area contributed by atoms with Crippen molar-refractivity contribution in [1.29, 1.82) is 0 Å². The topological polar surface area (TPSA) is 29.9 Å². The van der Waals surface area contributed by atoms with E-state index in [0.29, 0.717) is 0 Å². The Morgan fingerprint density at radius 1 is 0.857 bits per heavy atom. The number of rotatable bonds is 5. The second kappa shape index (κ2) is 7.90. The van der Waals surface area contributed by atoms with Crippen molar-refractivity contribution in [2.75, 3.05) is 4.72 Å². The van der Waals surface area contributed by atoms with Crippen LogP contribution in [-0.2, 0) is 0 Å². The van der Waals surface area contributed by atoms with Crippen molar-refractivity contribution >= 4 is 17.6 Å². The molecule has 140 valence electrons. The van der Waals surface area contributed by atoms with Gasteiger partial charge in [0.05, 0.1) is 11.4 Å². The third-order valence-electron chi connectivity index (χ3n) is 4.42. The van der Waals surface area contributed by atoms with Crippen LogP contribution in [-0.4, -0.2) is 9.78 Å². The molecule has 0 aliphatic heterocycles. The first-order valence-corrected chi connectivity index (χ1v) is 9.83. The van der Waals surface area contributed by atoms with Crippen LogP contribution < -0.4 is 4.72 Å². The average molecular weight is 389 g/mol. The van der Waals surface area contributed by atoms with Crippen molar-refractivity contribution in [3.63, 3.8) is 0 Å². The first kappa shape index (κ1) is 18.3. The highest BCUT2D eigenvalue weighted by atomic mass is 32.2. The molecule has 0 unspecified atom stereocenters. The van der Waals surface area contributed by atoms with Gasteiger partial charge in [0.15, 0.2) is 0 Å². The molecule has 0 amide bonds. The average Bonchev–Trinajstić information content (AvgIpc) is 3.05. The predicted octanol–water partition coefficient (Wildman–Crippen LogP) is 6.41. The van der Waals surface area contributed by atoms with E-state index in [2.05, 4.69) is 47.1 Å². The highest BCUT2D eigenvalue weighted by Crippen LogP contribution is 2.27. The molecule has 0 aliphatic rings. The number of nitrogens with zero attached hydrogens (tertiary/aromatic N) is 2. The van der Waals surface area contributed by atoms with Crippen LogP contribution in [0.4, 0.5) is 10.1 Å². The Bertz CT molecular complexity index is 1090. The lowest BCUT2D eigenvalue weighted by atomic mass is 10.1. The molecule has 0 radical (unpaired) electrons. The van der Waals surface area contributed by atoms with Gasteiger partial charge in [-0.2, -0.15) is 5.10 Å². The summed E-state index contributed by atoms with van der Waals surface area (Å²) in [7, 11) is 0. The number of aromatic nitrogens is 2. The van der Waals surface area contributed by atoms with E-state index >= 15 is 0 Å². The van der Waals surface area contributed by atoms with Crippen LogP contribution in [0, 0.1) is 19.7 Å². The number of nitrogens with one attached hydrogen (secondary N) is 1. The Kier molecular flexibility index (Phi) is 5.17. The maximum Gasteiger partial charge on any atom is 0.123 e. The zero-order valence-corrected chi connectivity index (χ0v) is 16.5. The summed E-state index contributed by atoms with van der Waals surface area (Å²) >= 11 is 1.55. The Morgan fingerprint density at radius 3 is 2.29 bits per heavy atom. The van der Waals surface area contributed by atoms with E-state index in [0.717, 1.165) is 38.8 Å². The minimum Gasteiger partial charge on any atom is -0.326 e. The SMILES string of the molecule is Cc1cc(C)n(-c2ccc(NSc3cccc(-c4ccc(F)cc4)c3)cc2)n1. The third-order valence-corrected chi connectivity index (χ3v) is 5.25. The molecule has 0 aliphatic carbocycles. The molecule has 5 heteroatoms. The van der Waals surface area contributed by atoms with Gasteiger partial charge in [-0.05, 0) is 91.5 Å². The summed E-state index contributed by atoms with van der Waals surface area (Å²) < 4.78 is 18.4. The molecular formula is C23H20FN3S. The van der Waals surface area contributed by atoms with Crippen molar-refractivity contribution < 1.29 is 4.39 Å². The van der Waals surface area contributed by atoms with Gasteiger partial charge in [0.2, 0.25) is 0 Å². The van der Waals surface area contributed by atoms with Crippen molar-refractivity contribution in [2.45, 2.75) is 18.7 Å². The lowest BCUT2D eigenvalue weighted by molar-refractivity contribution is 0.628. The molecule has 4 aromatic rings. The lowest BCUT2D eigenvalue weighted by Crippen LogP contribution is -1.99. The summed E-state index contributed by atoms with van der Waals surface area (Å²) in [6, 6.07) is 25.0. The Hall–Kier alpha value is -3.05. The Labute approximate surface area is 168 Å². The van der Waals surface area contributed by atoms with Crippen LogP contribution in [0.15, 0.2) is 83.8 Å². The number of hydrogen-bond acceptors (Lipinski definition) is 3. The van der Waals surface area contributed by atoms with E-state index in [-0.39, 0.29) is 5.82 Å². The second-order valence-electron chi connectivity index (χ2n) is 6.62. The minimum absolute atomic E-state index is 0.222. The summed E-state index contributed by atoms with van der Waals surface area (Å²) in [5.41, 5.74) is 6.24. The van der Waals surface area contributed by atoms with E-state index < -0.39 is 0 Å². The van der Waals surface area contributed by atoms with Crippen molar-refractivity contribution in [1.82, 2.24) is 9.78 Å². The molecule has 28 heavy (non-hydrogen) atoms. The standard InChI is InChI=1S/C23H20FN3S/c1-16-14-17(2)27(25-16)22-12-10-21(11-13-22)26-28-23-5-3-4-19(15-23)18-6-8-20(24)9-7-18/h3-15,26H,1-2H3. The molecule has 0 bridgehead atoms.